The van der Waals surface area contributed by atoms with Crippen molar-refractivity contribution in [2.75, 3.05) is 0 Å². The van der Waals surface area contributed by atoms with E-state index in [1.807, 2.05) is 0 Å². The van der Waals surface area contributed by atoms with Crippen LogP contribution in [0.3, 0.4) is 0 Å². The second kappa shape index (κ2) is 5.04. The van der Waals surface area contributed by atoms with Crippen LogP contribution in [0, 0.1) is 5.41 Å². The predicted octanol–water partition coefficient (Wildman–Crippen LogP) is -0.454. The molecular weight excluding hydrogens is 251 g/mol. The van der Waals surface area contributed by atoms with Crippen molar-refractivity contribution >= 4 is 24.1 Å². The molecule has 0 aliphatic carbocycles. The molecule has 0 N–H and O–H groups in total. The van der Waals surface area contributed by atoms with Crippen LogP contribution >= 0.6 is 0 Å². The summed E-state index contributed by atoms with van der Waals surface area (Å²) in [5, 5.41) is 0. The minimum atomic E-state index is -2.06. The third-order valence-corrected chi connectivity index (χ3v) is 1.54. The van der Waals surface area contributed by atoms with Gasteiger partial charge < -0.3 is 9.59 Å². The molecule has 0 atom stereocenters. The molecule has 0 aromatic carbocycles. The Kier molecular flexibility index (Phi) is 5.82. The standard InChI is InChI=1S/C7H8O4.Rh/c1-5(10)7(3-8,4-9)6(2)11;/h3-4H,1-2H3;. The molecule has 12 heavy (non-hydrogen) atoms. The predicted molar refractivity (Wildman–Crippen MR) is 35.9 cm³/mol. The molecule has 0 rings (SSSR count). The number of Topliss-reactive ketones (excluding diaryl/α,β-unsaturated/α-hetero) is 2. The van der Waals surface area contributed by atoms with Crippen molar-refractivity contribution in [3.63, 3.8) is 0 Å². The zero-order valence-corrected chi connectivity index (χ0v) is 8.26. The van der Waals surface area contributed by atoms with Gasteiger partial charge in [-0.15, -0.1) is 0 Å². The summed E-state index contributed by atoms with van der Waals surface area (Å²) in [4.78, 5) is 41.9. The molecule has 0 fully saturated rings. The summed E-state index contributed by atoms with van der Waals surface area (Å²) in [6, 6.07) is 0. The molecule has 0 spiro atoms. The zero-order chi connectivity index (χ0) is 9.07. The van der Waals surface area contributed by atoms with Crippen molar-refractivity contribution in [2.45, 2.75) is 13.8 Å². The van der Waals surface area contributed by atoms with Crippen LogP contribution in [-0.4, -0.2) is 24.1 Å². The largest absolute Gasteiger partial charge is 0.301 e. The average Bonchev–Trinajstić information content (AvgIpc) is 1.90. The van der Waals surface area contributed by atoms with E-state index in [0.29, 0.717) is 0 Å². The minimum absolute atomic E-state index is 0. The molecule has 0 aliphatic rings. The molecule has 0 bridgehead atoms. The fourth-order valence-electron chi connectivity index (χ4n) is 0.608. The van der Waals surface area contributed by atoms with Crippen molar-refractivity contribution in [2.24, 2.45) is 5.41 Å². The summed E-state index contributed by atoms with van der Waals surface area (Å²) in [6.07, 6.45) is 0.148. The molecule has 0 saturated heterocycles. The minimum Gasteiger partial charge on any atom is -0.301 e. The van der Waals surface area contributed by atoms with Crippen LogP contribution in [0.15, 0.2) is 0 Å². The first-order valence-corrected chi connectivity index (χ1v) is 2.96. The fraction of sp³-hybridized carbons (Fsp3) is 0.429. The van der Waals surface area contributed by atoms with Gasteiger partial charge in [-0.25, -0.2) is 0 Å². The molecule has 69 valence electrons. The second-order valence-corrected chi connectivity index (χ2v) is 2.22. The van der Waals surface area contributed by atoms with Gasteiger partial charge in [0.15, 0.2) is 17.0 Å². The van der Waals surface area contributed by atoms with Gasteiger partial charge in [0.2, 0.25) is 0 Å². The molecule has 0 saturated carbocycles. The van der Waals surface area contributed by atoms with Crippen molar-refractivity contribution in [1.29, 1.82) is 0 Å². The van der Waals surface area contributed by atoms with Crippen LogP contribution in [0.5, 0.6) is 0 Å². The summed E-state index contributed by atoms with van der Waals surface area (Å²) < 4.78 is 0. The topological polar surface area (TPSA) is 68.3 Å². The molecule has 0 aliphatic heterocycles. The third-order valence-electron chi connectivity index (χ3n) is 1.54. The number of ketones is 2. The molecule has 0 aromatic heterocycles. The normalized spacial score (nSPS) is 9.50. The van der Waals surface area contributed by atoms with E-state index in [4.69, 9.17) is 0 Å². The summed E-state index contributed by atoms with van der Waals surface area (Å²) >= 11 is 0. The SMILES string of the molecule is CC(=O)C(C=O)(C=O)C(C)=O.[Rh]. The van der Waals surface area contributed by atoms with E-state index in [-0.39, 0.29) is 32.1 Å². The maximum atomic E-state index is 10.7. The Morgan fingerprint density at radius 2 is 1.25 bits per heavy atom. The summed E-state index contributed by atoms with van der Waals surface area (Å²) in [5.41, 5.74) is -2.06. The van der Waals surface area contributed by atoms with E-state index in [2.05, 4.69) is 0 Å². The first kappa shape index (κ1) is 13.9. The third kappa shape index (κ3) is 2.14. The van der Waals surface area contributed by atoms with E-state index >= 15 is 0 Å². The quantitative estimate of drug-likeness (QED) is 0.389. The summed E-state index contributed by atoms with van der Waals surface area (Å²) in [5.74, 6) is -1.48. The van der Waals surface area contributed by atoms with E-state index in [9.17, 15) is 19.2 Å². The Balaban J connectivity index is 0. The summed E-state index contributed by atoms with van der Waals surface area (Å²) in [6.45, 7) is 2.06. The van der Waals surface area contributed by atoms with Gasteiger partial charge in [0.25, 0.3) is 0 Å². The second-order valence-electron chi connectivity index (χ2n) is 2.22. The number of hydrogen-bond acceptors (Lipinski definition) is 4. The monoisotopic (exact) mass is 259 g/mol. The number of carbonyl (C=O) groups is 4. The van der Waals surface area contributed by atoms with Crippen LogP contribution in [-0.2, 0) is 38.7 Å². The Labute approximate surface area is 82.5 Å². The van der Waals surface area contributed by atoms with E-state index < -0.39 is 17.0 Å². The fourth-order valence-corrected chi connectivity index (χ4v) is 0.608. The molecule has 0 heterocycles. The smallest absolute Gasteiger partial charge is 0.196 e. The number of rotatable bonds is 4. The Hall–Kier alpha value is -0.697. The van der Waals surface area contributed by atoms with Gasteiger partial charge >= 0.3 is 0 Å². The van der Waals surface area contributed by atoms with Gasteiger partial charge in [-0.2, -0.15) is 0 Å². The molecule has 4 nitrogen and oxygen atoms in total. The van der Waals surface area contributed by atoms with Crippen molar-refractivity contribution in [1.82, 2.24) is 0 Å². The Morgan fingerprint density at radius 3 is 1.25 bits per heavy atom. The first-order chi connectivity index (χ1) is 5.01. The van der Waals surface area contributed by atoms with Crippen LogP contribution in [0.25, 0.3) is 0 Å². The van der Waals surface area contributed by atoms with Gasteiger partial charge in [0.1, 0.15) is 12.6 Å². The van der Waals surface area contributed by atoms with Gasteiger partial charge in [-0.1, -0.05) is 0 Å². The van der Waals surface area contributed by atoms with Gasteiger partial charge in [0, 0.05) is 19.5 Å². The van der Waals surface area contributed by atoms with Crippen LogP contribution in [0.2, 0.25) is 0 Å². The number of hydrogen-bond donors (Lipinski definition) is 0. The molecule has 5 heteroatoms. The van der Waals surface area contributed by atoms with E-state index in [1.165, 1.54) is 0 Å². The van der Waals surface area contributed by atoms with Crippen molar-refractivity contribution in [3.05, 3.63) is 0 Å². The number of aldehydes is 2. The molecule has 0 amide bonds. The maximum absolute atomic E-state index is 10.7. The Bertz CT molecular complexity index is 197. The van der Waals surface area contributed by atoms with Gasteiger partial charge in [-0.05, 0) is 13.8 Å². The average molecular weight is 259 g/mol. The van der Waals surface area contributed by atoms with Crippen molar-refractivity contribution < 1.29 is 38.7 Å². The van der Waals surface area contributed by atoms with Crippen LogP contribution in [0.1, 0.15) is 13.8 Å². The van der Waals surface area contributed by atoms with Gasteiger partial charge in [0.05, 0.1) is 0 Å². The zero-order valence-electron chi connectivity index (χ0n) is 6.62. The van der Waals surface area contributed by atoms with Crippen molar-refractivity contribution in [3.8, 4) is 0 Å². The van der Waals surface area contributed by atoms with E-state index in [0.717, 1.165) is 13.8 Å². The number of carbonyl (C=O) groups excluding carboxylic acids is 4. The van der Waals surface area contributed by atoms with Crippen LogP contribution < -0.4 is 0 Å². The molecule has 0 aromatic rings. The Morgan fingerprint density at radius 1 is 1.00 bits per heavy atom. The van der Waals surface area contributed by atoms with Gasteiger partial charge in [-0.3, -0.25) is 9.59 Å². The molecule has 0 unspecified atom stereocenters. The molecular formula is C7H8O4Rh. The first-order valence-electron chi connectivity index (χ1n) is 2.96. The maximum Gasteiger partial charge on any atom is 0.196 e. The molecule has 1 radical (unpaired) electrons. The van der Waals surface area contributed by atoms with Crippen LogP contribution in [0.4, 0.5) is 0 Å². The summed E-state index contributed by atoms with van der Waals surface area (Å²) in [7, 11) is 0. The van der Waals surface area contributed by atoms with E-state index in [1.54, 1.807) is 0 Å².